The summed E-state index contributed by atoms with van der Waals surface area (Å²) in [5.74, 6) is 0.481. The highest BCUT2D eigenvalue weighted by Crippen LogP contribution is 2.29. The summed E-state index contributed by atoms with van der Waals surface area (Å²) in [6.07, 6.45) is 6.17. The summed E-state index contributed by atoms with van der Waals surface area (Å²) in [5.41, 5.74) is 0.451. The molecule has 1 saturated carbocycles. The van der Waals surface area contributed by atoms with Gasteiger partial charge in [0.25, 0.3) is 5.91 Å². The number of benzene rings is 1. The first-order valence-corrected chi connectivity index (χ1v) is 8.30. The van der Waals surface area contributed by atoms with Crippen LogP contribution in [-0.4, -0.2) is 16.1 Å². The van der Waals surface area contributed by atoms with Crippen molar-refractivity contribution in [2.45, 2.75) is 32.1 Å². The molecule has 0 radical (unpaired) electrons. The van der Waals surface area contributed by atoms with Crippen molar-refractivity contribution >= 4 is 34.0 Å². The van der Waals surface area contributed by atoms with Crippen LogP contribution >= 0.6 is 22.9 Å². The topological polar surface area (TPSA) is 54.9 Å². The second kappa shape index (κ2) is 6.54. The Bertz CT molecular complexity index is 637. The van der Waals surface area contributed by atoms with E-state index >= 15 is 0 Å². The molecule has 1 fully saturated rings. The first-order valence-electron chi connectivity index (χ1n) is 7.10. The maximum Gasteiger partial charge on any atom is 0.259 e. The molecule has 1 heterocycles. The zero-order valence-electron chi connectivity index (χ0n) is 11.5. The van der Waals surface area contributed by atoms with Crippen LogP contribution in [0.5, 0.6) is 0 Å². The van der Waals surface area contributed by atoms with Gasteiger partial charge in [0.1, 0.15) is 5.01 Å². The fraction of sp³-hybridized carbons (Fsp3) is 0.400. The molecule has 4 nitrogen and oxygen atoms in total. The third kappa shape index (κ3) is 3.60. The van der Waals surface area contributed by atoms with Gasteiger partial charge in [0, 0.05) is 6.42 Å². The molecule has 6 heteroatoms. The van der Waals surface area contributed by atoms with E-state index in [0.29, 0.717) is 15.7 Å². The molecule has 3 rings (SSSR count). The van der Waals surface area contributed by atoms with Gasteiger partial charge in [-0.25, -0.2) is 0 Å². The number of nitrogens with zero attached hydrogens (tertiary/aromatic N) is 2. The number of carbonyl (C=O) groups is 1. The van der Waals surface area contributed by atoms with Crippen molar-refractivity contribution in [3.05, 3.63) is 39.9 Å². The lowest BCUT2D eigenvalue weighted by Crippen LogP contribution is -2.12. The van der Waals surface area contributed by atoms with Crippen molar-refractivity contribution in [3.63, 3.8) is 0 Å². The van der Waals surface area contributed by atoms with Crippen LogP contribution in [0.4, 0.5) is 5.13 Å². The molecular formula is C15H16ClN3OS. The average Bonchev–Trinajstić information content (AvgIpc) is 3.12. The van der Waals surface area contributed by atoms with Crippen molar-refractivity contribution in [2.75, 3.05) is 5.32 Å². The quantitative estimate of drug-likeness (QED) is 0.919. The molecule has 1 aromatic heterocycles. The molecule has 0 saturated heterocycles. The normalized spacial score (nSPS) is 15.3. The first-order chi connectivity index (χ1) is 10.2. The van der Waals surface area contributed by atoms with Gasteiger partial charge in [-0.3, -0.25) is 10.1 Å². The van der Waals surface area contributed by atoms with Crippen molar-refractivity contribution in [1.29, 1.82) is 0 Å². The smallest absolute Gasteiger partial charge is 0.259 e. The van der Waals surface area contributed by atoms with Gasteiger partial charge in [0.05, 0.1) is 10.6 Å². The fourth-order valence-electron chi connectivity index (χ4n) is 2.66. The Kier molecular flexibility index (Phi) is 4.51. The van der Waals surface area contributed by atoms with Crippen LogP contribution in [0.1, 0.15) is 41.0 Å². The second-order valence-electron chi connectivity index (χ2n) is 5.29. The number of rotatable bonds is 4. The van der Waals surface area contributed by atoms with E-state index in [0.717, 1.165) is 17.3 Å². The number of halogens is 1. The van der Waals surface area contributed by atoms with Crippen LogP contribution in [-0.2, 0) is 6.42 Å². The van der Waals surface area contributed by atoms with E-state index in [9.17, 15) is 4.79 Å². The lowest BCUT2D eigenvalue weighted by atomic mass is 10.1. The Balaban J connectivity index is 1.64. The van der Waals surface area contributed by atoms with E-state index in [1.165, 1.54) is 37.0 Å². The Hall–Kier alpha value is -1.46. The number of hydrogen-bond acceptors (Lipinski definition) is 4. The van der Waals surface area contributed by atoms with Crippen molar-refractivity contribution in [2.24, 2.45) is 5.92 Å². The van der Waals surface area contributed by atoms with Gasteiger partial charge in [0.15, 0.2) is 0 Å². The lowest BCUT2D eigenvalue weighted by Gasteiger charge is -2.04. The highest BCUT2D eigenvalue weighted by molar-refractivity contribution is 7.15. The Morgan fingerprint density at radius 2 is 2.05 bits per heavy atom. The number of carbonyl (C=O) groups excluding carboxylic acids is 1. The van der Waals surface area contributed by atoms with Crippen molar-refractivity contribution in [3.8, 4) is 0 Å². The molecule has 2 aromatic rings. The third-order valence-corrected chi connectivity index (χ3v) is 4.93. The Morgan fingerprint density at radius 3 is 2.81 bits per heavy atom. The largest absolute Gasteiger partial charge is 0.296 e. The summed E-state index contributed by atoms with van der Waals surface area (Å²) >= 11 is 7.46. The number of hydrogen-bond donors (Lipinski definition) is 1. The van der Waals surface area contributed by atoms with Gasteiger partial charge < -0.3 is 0 Å². The summed E-state index contributed by atoms with van der Waals surface area (Å²) in [4.78, 5) is 12.1. The van der Waals surface area contributed by atoms with E-state index in [2.05, 4.69) is 15.5 Å². The summed E-state index contributed by atoms with van der Waals surface area (Å²) in [5, 5.41) is 12.9. The van der Waals surface area contributed by atoms with Gasteiger partial charge in [-0.15, -0.1) is 10.2 Å². The van der Waals surface area contributed by atoms with Crippen LogP contribution in [0, 0.1) is 5.92 Å². The van der Waals surface area contributed by atoms with Crippen LogP contribution in [0.25, 0.3) is 0 Å². The third-order valence-electron chi connectivity index (χ3n) is 3.74. The fourth-order valence-corrected chi connectivity index (χ4v) is 3.73. The Labute approximate surface area is 132 Å². The predicted octanol–water partition coefficient (Wildman–Crippen LogP) is 4.18. The van der Waals surface area contributed by atoms with Crippen LogP contribution in [0.3, 0.4) is 0 Å². The minimum atomic E-state index is -0.246. The van der Waals surface area contributed by atoms with E-state index < -0.39 is 0 Å². The van der Waals surface area contributed by atoms with Crippen LogP contribution in [0.2, 0.25) is 5.02 Å². The number of aromatic nitrogens is 2. The number of amides is 1. The molecule has 0 spiro atoms. The minimum absolute atomic E-state index is 0.246. The standard InChI is InChI=1S/C15H16ClN3OS/c16-12-8-4-3-7-11(12)14(20)17-15-19-18-13(21-15)9-10-5-1-2-6-10/h3-4,7-8,10H,1-2,5-6,9H2,(H,17,19,20). The molecule has 110 valence electrons. The van der Waals surface area contributed by atoms with Gasteiger partial charge in [0.2, 0.25) is 5.13 Å². The number of nitrogens with one attached hydrogen (secondary N) is 1. The van der Waals surface area contributed by atoms with Gasteiger partial charge in [-0.2, -0.15) is 0 Å². The summed E-state index contributed by atoms with van der Waals surface area (Å²) in [6, 6.07) is 6.97. The van der Waals surface area contributed by atoms with Crippen molar-refractivity contribution < 1.29 is 4.79 Å². The second-order valence-corrected chi connectivity index (χ2v) is 6.76. The molecule has 0 aliphatic heterocycles. The average molecular weight is 322 g/mol. The van der Waals surface area contributed by atoms with Crippen LogP contribution < -0.4 is 5.32 Å². The SMILES string of the molecule is O=C(Nc1nnc(CC2CCCC2)s1)c1ccccc1Cl. The summed E-state index contributed by atoms with van der Waals surface area (Å²) < 4.78 is 0. The van der Waals surface area contributed by atoms with E-state index in [1.54, 1.807) is 24.3 Å². The van der Waals surface area contributed by atoms with Crippen LogP contribution in [0.15, 0.2) is 24.3 Å². The van der Waals surface area contributed by atoms with E-state index in [4.69, 9.17) is 11.6 Å². The molecule has 1 aromatic carbocycles. The molecule has 0 bridgehead atoms. The summed E-state index contributed by atoms with van der Waals surface area (Å²) in [6.45, 7) is 0. The summed E-state index contributed by atoms with van der Waals surface area (Å²) in [7, 11) is 0. The molecule has 1 aliphatic carbocycles. The van der Waals surface area contributed by atoms with Crippen molar-refractivity contribution in [1.82, 2.24) is 10.2 Å². The maximum absolute atomic E-state index is 12.1. The zero-order valence-corrected chi connectivity index (χ0v) is 13.1. The minimum Gasteiger partial charge on any atom is -0.296 e. The molecule has 1 amide bonds. The van der Waals surface area contributed by atoms with E-state index in [1.807, 2.05) is 0 Å². The molecule has 21 heavy (non-hydrogen) atoms. The zero-order chi connectivity index (χ0) is 14.7. The van der Waals surface area contributed by atoms with Gasteiger partial charge >= 0.3 is 0 Å². The highest BCUT2D eigenvalue weighted by Gasteiger charge is 2.18. The molecule has 1 N–H and O–H groups in total. The Morgan fingerprint density at radius 1 is 1.29 bits per heavy atom. The van der Waals surface area contributed by atoms with Gasteiger partial charge in [-0.05, 0) is 18.1 Å². The number of anilines is 1. The van der Waals surface area contributed by atoms with E-state index in [-0.39, 0.29) is 5.91 Å². The highest BCUT2D eigenvalue weighted by atomic mass is 35.5. The van der Waals surface area contributed by atoms with Gasteiger partial charge in [-0.1, -0.05) is 60.8 Å². The molecular weight excluding hydrogens is 306 g/mol. The predicted molar refractivity (Wildman–Crippen MR) is 85.0 cm³/mol. The molecule has 0 unspecified atom stereocenters. The lowest BCUT2D eigenvalue weighted by molar-refractivity contribution is 0.102. The monoisotopic (exact) mass is 321 g/mol. The molecule has 0 atom stereocenters. The maximum atomic E-state index is 12.1. The molecule has 1 aliphatic rings. The first kappa shape index (κ1) is 14.5.